The third-order valence-electron chi connectivity index (χ3n) is 3.00. The van der Waals surface area contributed by atoms with Crippen molar-refractivity contribution in [3.63, 3.8) is 0 Å². The molecule has 1 aromatic heterocycles. The highest BCUT2D eigenvalue weighted by molar-refractivity contribution is 7.89. The molecule has 1 atom stereocenters. The molecule has 4 N–H and O–H groups in total. The van der Waals surface area contributed by atoms with E-state index in [2.05, 4.69) is 15.1 Å². The summed E-state index contributed by atoms with van der Waals surface area (Å²) in [6.45, 7) is 4.05. The van der Waals surface area contributed by atoms with E-state index in [1.165, 1.54) is 18.3 Å². The highest BCUT2D eigenvalue weighted by Crippen LogP contribution is 2.45. The molecule has 0 spiro atoms. The molecule has 0 radical (unpaired) electrons. The van der Waals surface area contributed by atoms with Gasteiger partial charge in [-0.3, -0.25) is 0 Å². The van der Waals surface area contributed by atoms with E-state index in [0.717, 1.165) is 6.42 Å². The molecule has 1 fully saturated rings. The molecule has 0 aromatic carbocycles. The molecular formula is C10H16N4O2S. The standard InChI is InChI=1S/C10H16N4O2S/c1-10(2)6-8(10)14-17(15,16)7-3-4-12-9(5-7)13-11/h3-5,8,14H,6,11H2,1-2H3,(H,12,13). The van der Waals surface area contributed by atoms with Crippen molar-refractivity contribution >= 4 is 15.8 Å². The van der Waals surface area contributed by atoms with E-state index >= 15 is 0 Å². The minimum Gasteiger partial charge on any atom is -0.308 e. The van der Waals surface area contributed by atoms with Crippen molar-refractivity contribution in [3.05, 3.63) is 18.3 Å². The number of nitrogens with two attached hydrogens (primary N) is 1. The van der Waals surface area contributed by atoms with Crippen molar-refractivity contribution in [1.82, 2.24) is 9.71 Å². The van der Waals surface area contributed by atoms with E-state index in [1.807, 2.05) is 13.8 Å². The first-order valence-electron chi connectivity index (χ1n) is 5.30. The minimum atomic E-state index is -3.49. The Bertz CT molecular complexity index is 527. The second-order valence-corrected chi connectivity index (χ2v) is 6.60. The topological polar surface area (TPSA) is 97.1 Å². The van der Waals surface area contributed by atoms with E-state index in [0.29, 0.717) is 5.82 Å². The van der Waals surface area contributed by atoms with Crippen LogP contribution in [-0.4, -0.2) is 19.4 Å². The zero-order valence-electron chi connectivity index (χ0n) is 9.77. The number of hydrogen-bond donors (Lipinski definition) is 3. The van der Waals surface area contributed by atoms with Gasteiger partial charge in [0.15, 0.2) is 0 Å². The van der Waals surface area contributed by atoms with Gasteiger partial charge >= 0.3 is 0 Å². The summed E-state index contributed by atoms with van der Waals surface area (Å²) in [7, 11) is -3.49. The van der Waals surface area contributed by atoms with Crippen LogP contribution in [0.4, 0.5) is 5.82 Å². The molecule has 0 amide bonds. The summed E-state index contributed by atoms with van der Waals surface area (Å²) >= 11 is 0. The zero-order chi connectivity index (χ0) is 12.7. The Hall–Kier alpha value is -1.18. The quantitative estimate of drug-likeness (QED) is 0.536. The van der Waals surface area contributed by atoms with E-state index in [4.69, 9.17) is 5.84 Å². The highest BCUT2D eigenvalue weighted by Gasteiger charge is 2.47. The van der Waals surface area contributed by atoms with E-state index in [1.54, 1.807) is 0 Å². The van der Waals surface area contributed by atoms with Gasteiger partial charge in [-0.15, -0.1) is 0 Å². The Morgan fingerprint density at radius 1 is 1.53 bits per heavy atom. The van der Waals surface area contributed by atoms with Crippen LogP contribution in [0.2, 0.25) is 0 Å². The lowest BCUT2D eigenvalue weighted by Crippen LogP contribution is -2.28. The Kier molecular flexibility index (Phi) is 2.84. The van der Waals surface area contributed by atoms with Gasteiger partial charge in [0, 0.05) is 18.3 Å². The first kappa shape index (κ1) is 12.3. The van der Waals surface area contributed by atoms with Gasteiger partial charge in [0.1, 0.15) is 5.82 Å². The number of sulfonamides is 1. The molecule has 0 bridgehead atoms. The summed E-state index contributed by atoms with van der Waals surface area (Å²) in [6, 6.07) is 2.85. The maximum absolute atomic E-state index is 12.0. The smallest absolute Gasteiger partial charge is 0.241 e. The number of rotatable bonds is 4. The van der Waals surface area contributed by atoms with Crippen molar-refractivity contribution in [2.75, 3.05) is 5.43 Å². The van der Waals surface area contributed by atoms with Gasteiger partial charge < -0.3 is 5.43 Å². The monoisotopic (exact) mass is 256 g/mol. The van der Waals surface area contributed by atoms with Crippen LogP contribution in [0.25, 0.3) is 0 Å². The average Bonchev–Trinajstić information content (AvgIpc) is 2.85. The van der Waals surface area contributed by atoms with Crippen molar-refractivity contribution in [2.45, 2.75) is 31.2 Å². The van der Waals surface area contributed by atoms with Gasteiger partial charge in [0.2, 0.25) is 10.0 Å². The lowest BCUT2D eigenvalue weighted by Gasteiger charge is -2.08. The van der Waals surface area contributed by atoms with Gasteiger partial charge in [-0.2, -0.15) is 0 Å². The molecule has 1 aromatic rings. The summed E-state index contributed by atoms with van der Waals surface area (Å²) < 4.78 is 26.7. The summed E-state index contributed by atoms with van der Waals surface area (Å²) in [5.74, 6) is 5.51. The van der Waals surface area contributed by atoms with Gasteiger partial charge in [-0.25, -0.2) is 24.0 Å². The second kappa shape index (κ2) is 3.94. The van der Waals surface area contributed by atoms with Crippen LogP contribution in [0, 0.1) is 5.41 Å². The first-order valence-corrected chi connectivity index (χ1v) is 6.78. The second-order valence-electron chi connectivity index (χ2n) is 4.89. The summed E-state index contributed by atoms with van der Waals surface area (Å²) in [5, 5.41) is 0. The predicted molar refractivity (Wildman–Crippen MR) is 64.6 cm³/mol. The zero-order valence-corrected chi connectivity index (χ0v) is 10.6. The van der Waals surface area contributed by atoms with E-state index < -0.39 is 10.0 Å². The number of hydrazine groups is 1. The molecule has 1 unspecified atom stereocenters. The highest BCUT2D eigenvalue weighted by atomic mass is 32.2. The number of aromatic nitrogens is 1. The van der Waals surface area contributed by atoms with Gasteiger partial charge in [-0.1, -0.05) is 13.8 Å². The Labute approximate surface area is 101 Å². The van der Waals surface area contributed by atoms with Gasteiger partial charge in [-0.05, 0) is 17.9 Å². The third kappa shape index (κ3) is 2.56. The normalized spacial score (nSPS) is 22.2. The van der Waals surface area contributed by atoms with Crippen LogP contribution >= 0.6 is 0 Å². The first-order chi connectivity index (χ1) is 7.85. The molecule has 7 heteroatoms. The van der Waals surface area contributed by atoms with Gasteiger partial charge in [0.05, 0.1) is 4.90 Å². The Balaban J connectivity index is 2.20. The molecule has 94 valence electrons. The van der Waals surface area contributed by atoms with Gasteiger partial charge in [0.25, 0.3) is 0 Å². The molecular weight excluding hydrogens is 240 g/mol. The van der Waals surface area contributed by atoms with Crippen molar-refractivity contribution in [1.29, 1.82) is 0 Å². The molecule has 1 saturated carbocycles. The summed E-state index contributed by atoms with van der Waals surface area (Å²) in [6.07, 6.45) is 2.26. The maximum atomic E-state index is 12.0. The fraction of sp³-hybridized carbons (Fsp3) is 0.500. The van der Waals surface area contributed by atoms with Crippen LogP contribution in [0.1, 0.15) is 20.3 Å². The SMILES string of the molecule is CC1(C)CC1NS(=O)(=O)c1ccnc(NN)c1. The Morgan fingerprint density at radius 3 is 2.71 bits per heavy atom. The van der Waals surface area contributed by atoms with Crippen LogP contribution in [-0.2, 0) is 10.0 Å². The van der Waals surface area contributed by atoms with Crippen LogP contribution < -0.4 is 16.0 Å². The average molecular weight is 256 g/mol. The molecule has 6 nitrogen and oxygen atoms in total. The number of anilines is 1. The summed E-state index contributed by atoms with van der Waals surface area (Å²) in [5.41, 5.74) is 2.37. The summed E-state index contributed by atoms with van der Waals surface area (Å²) in [4.78, 5) is 4.04. The molecule has 1 aliphatic rings. The third-order valence-corrected chi connectivity index (χ3v) is 4.47. The van der Waals surface area contributed by atoms with E-state index in [9.17, 15) is 8.42 Å². The minimum absolute atomic E-state index is 0.00921. The van der Waals surface area contributed by atoms with Crippen molar-refractivity contribution in [2.24, 2.45) is 11.3 Å². The van der Waals surface area contributed by atoms with Crippen LogP contribution in [0.5, 0.6) is 0 Å². The molecule has 1 heterocycles. The molecule has 0 aliphatic heterocycles. The molecule has 1 aliphatic carbocycles. The lowest BCUT2D eigenvalue weighted by atomic mass is 10.2. The predicted octanol–water partition coefficient (Wildman–Crippen LogP) is 0.444. The fourth-order valence-corrected chi connectivity index (χ4v) is 3.00. The van der Waals surface area contributed by atoms with Crippen molar-refractivity contribution in [3.8, 4) is 0 Å². The van der Waals surface area contributed by atoms with Crippen LogP contribution in [0.3, 0.4) is 0 Å². The maximum Gasteiger partial charge on any atom is 0.241 e. The van der Waals surface area contributed by atoms with Crippen LogP contribution in [0.15, 0.2) is 23.2 Å². The number of nitrogens with one attached hydrogen (secondary N) is 2. The van der Waals surface area contributed by atoms with E-state index in [-0.39, 0.29) is 16.4 Å². The number of hydrogen-bond acceptors (Lipinski definition) is 5. The Morgan fingerprint density at radius 2 is 2.18 bits per heavy atom. The fourth-order valence-electron chi connectivity index (χ4n) is 1.58. The molecule has 17 heavy (non-hydrogen) atoms. The lowest BCUT2D eigenvalue weighted by molar-refractivity contribution is 0.555. The largest absolute Gasteiger partial charge is 0.308 e. The number of pyridine rings is 1. The molecule has 2 rings (SSSR count). The number of nitrogens with zero attached hydrogens (tertiary/aromatic N) is 1. The van der Waals surface area contributed by atoms with Crippen molar-refractivity contribution < 1.29 is 8.42 Å². The molecule has 0 saturated heterocycles. The number of nitrogen functional groups attached to an aromatic ring is 1.